The fourth-order valence-electron chi connectivity index (χ4n) is 3.81. The first kappa shape index (κ1) is 20.2. The minimum absolute atomic E-state index is 0.00202. The van der Waals surface area contributed by atoms with Crippen LogP contribution >= 0.6 is 0 Å². The molecule has 1 saturated heterocycles. The molecule has 1 unspecified atom stereocenters. The van der Waals surface area contributed by atoms with Gasteiger partial charge in [-0.3, -0.25) is 14.6 Å². The number of aliphatic imine (C=N–C) groups is 1. The SMILES string of the molecule is CCNC(=NCCC(=O)NC1CCCC1)NC1CC(=O)N(c2ccccc2)C1. The third-order valence-electron chi connectivity index (χ3n) is 5.21. The van der Waals surface area contributed by atoms with Gasteiger partial charge in [-0.05, 0) is 31.9 Å². The van der Waals surface area contributed by atoms with Crippen molar-refractivity contribution in [1.29, 1.82) is 0 Å². The van der Waals surface area contributed by atoms with Gasteiger partial charge in [0, 0.05) is 37.7 Å². The van der Waals surface area contributed by atoms with Crippen molar-refractivity contribution in [2.24, 2.45) is 4.99 Å². The Kier molecular flexibility index (Phi) is 7.28. The molecule has 1 heterocycles. The monoisotopic (exact) mass is 385 g/mol. The van der Waals surface area contributed by atoms with Gasteiger partial charge in [0.1, 0.15) is 0 Å². The van der Waals surface area contributed by atoms with E-state index >= 15 is 0 Å². The van der Waals surface area contributed by atoms with Gasteiger partial charge in [0.2, 0.25) is 11.8 Å². The van der Waals surface area contributed by atoms with Crippen LogP contribution in [0.2, 0.25) is 0 Å². The fourth-order valence-corrected chi connectivity index (χ4v) is 3.81. The molecule has 0 spiro atoms. The summed E-state index contributed by atoms with van der Waals surface area (Å²) in [7, 11) is 0. The molecular weight excluding hydrogens is 354 g/mol. The maximum Gasteiger partial charge on any atom is 0.229 e. The second kappa shape index (κ2) is 10.1. The molecule has 2 amide bonds. The Morgan fingerprint density at radius 3 is 2.61 bits per heavy atom. The quantitative estimate of drug-likeness (QED) is 0.493. The highest BCUT2D eigenvalue weighted by molar-refractivity contribution is 5.97. The number of guanidine groups is 1. The van der Waals surface area contributed by atoms with Crippen molar-refractivity contribution < 1.29 is 9.59 Å². The third-order valence-corrected chi connectivity index (χ3v) is 5.21. The number of amides is 2. The van der Waals surface area contributed by atoms with Crippen LogP contribution in [0.1, 0.15) is 45.4 Å². The predicted octanol–water partition coefficient (Wildman–Crippen LogP) is 1.80. The van der Waals surface area contributed by atoms with E-state index in [0.29, 0.717) is 37.9 Å². The van der Waals surface area contributed by atoms with Crippen LogP contribution in [0.3, 0.4) is 0 Å². The van der Waals surface area contributed by atoms with E-state index in [4.69, 9.17) is 0 Å². The molecule has 3 rings (SSSR count). The Morgan fingerprint density at radius 2 is 1.89 bits per heavy atom. The molecule has 1 aromatic rings. The number of nitrogens with zero attached hydrogens (tertiary/aromatic N) is 2. The van der Waals surface area contributed by atoms with Crippen molar-refractivity contribution in [3.8, 4) is 0 Å². The van der Waals surface area contributed by atoms with Crippen molar-refractivity contribution in [3.63, 3.8) is 0 Å². The zero-order chi connectivity index (χ0) is 19.8. The Balaban J connectivity index is 1.49. The van der Waals surface area contributed by atoms with Gasteiger partial charge in [0.25, 0.3) is 0 Å². The van der Waals surface area contributed by atoms with E-state index in [1.165, 1.54) is 12.8 Å². The molecule has 2 aliphatic rings. The molecule has 7 nitrogen and oxygen atoms in total. The van der Waals surface area contributed by atoms with E-state index in [1.54, 1.807) is 4.90 Å². The molecule has 7 heteroatoms. The second-order valence-corrected chi connectivity index (χ2v) is 7.44. The predicted molar refractivity (Wildman–Crippen MR) is 111 cm³/mol. The van der Waals surface area contributed by atoms with Gasteiger partial charge in [-0.15, -0.1) is 0 Å². The summed E-state index contributed by atoms with van der Waals surface area (Å²) in [6.07, 6.45) is 5.41. The highest BCUT2D eigenvalue weighted by Gasteiger charge is 2.31. The number of hydrogen-bond donors (Lipinski definition) is 3. The number of rotatable bonds is 7. The first-order chi connectivity index (χ1) is 13.7. The lowest BCUT2D eigenvalue weighted by atomic mass is 10.2. The maximum atomic E-state index is 12.4. The molecule has 3 N–H and O–H groups in total. The fraction of sp³-hybridized carbons (Fsp3) is 0.571. The zero-order valence-electron chi connectivity index (χ0n) is 16.6. The third kappa shape index (κ3) is 5.71. The maximum absolute atomic E-state index is 12.4. The smallest absolute Gasteiger partial charge is 0.229 e. The lowest BCUT2D eigenvalue weighted by molar-refractivity contribution is -0.121. The molecule has 1 aromatic carbocycles. The van der Waals surface area contributed by atoms with Gasteiger partial charge in [0.05, 0.1) is 12.6 Å². The largest absolute Gasteiger partial charge is 0.357 e. The van der Waals surface area contributed by atoms with Crippen molar-refractivity contribution in [1.82, 2.24) is 16.0 Å². The minimum atomic E-state index is -0.00202. The molecule has 0 radical (unpaired) electrons. The van der Waals surface area contributed by atoms with Crippen LogP contribution in [0.5, 0.6) is 0 Å². The molecule has 152 valence electrons. The number of hydrogen-bond acceptors (Lipinski definition) is 3. The molecule has 1 aliphatic carbocycles. The summed E-state index contributed by atoms with van der Waals surface area (Å²) in [6.45, 7) is 3.76. The molecule has 0 bridgehead atoms. The topological polar surface area (TPSA) is 85.8 Å². The van der Waals surface area contributed by atoms with E-state index in [9.17, 15) is 9.59 Å². The van der Waals surface area contributed by atoms with E-state index in [-0.39, 0.29) is 17.9 Å². The summed E-state index contributed by atoms with van der Waals surface area (Å²) >= 11 is 0. The Bertz CT molecular complexity index is 685. The van der Waals surface area contributed by atoms with E-state index in [0.717, 1.165) is 25.1 Å². The number of anilines is 1. The standard InChI is InChI=1S/C21H31N5O2/c1-2-22-21(23-13-12-19(27)24-16-8-6-7-9-16)25-17-14-20(28)26(15-17)18-10-4-3-5-11-18/h3-5,10-11,16-17H,2,6-9,12-15H2,1H3,(H,24,27)(H2,22,23,25). The second-order valence-electron chi connectivity index (χ2n) is 7.44. The first-order valence-corrected chi connectivity index (χ1v) is 10.4. The normalized spacial score (nSPS) is 20.5. The van der Waals surface area contributed by atoms with Crippen LogP contribution < -0.4 is 20.9 Å². The Morgan fingerprint density at radius 1 is 1.14 bits per heavy atom. The van der Waals surface area contributed by atoms with Gasteiger partial charge < -0.3 is 20.9 Å². The lowest BCUT2D eigenvalue weighted by Gasteiger charge is -2.19. The first-order valence-electron chi connectivity index (χ1n) is 10.4. The van der Waals surface area contributed by atoms with Crippen LogP contribution in [0, 0.1) is 0 Å². The molecular formula is C21H31N5O2. The number of carbonyl (C=O) groups is 2. The molecule has 1 atom stereocenters. The highest BCUT2D eigenvalue weighted by Crippen LogP contribution is 2.21. The van der Waals surface area contributed by atoms with Gasteiger partial charge in [-0.2, -0.15) is 0 Å². The van der Waals surface area contributed by atoms with E-state index < -0.39 is 0 Å². The summed E-state index contributed by atoms with van der Waals surface area (Å²) in [5.74, 6) is 0.831. The average Bonchev–Trinajstić information content (AvgIpc) is 3.32. The van der Waals surface area contributed by atoms with Crippen molar-refractivity contribution in [2.45, 2.75) is 57.5 Å². The van der Waals surface area contributed by atoms with Gasteiger partial charge in [0.15, 0.2) is 5.96 Å². The summed E-state index contributed by atoms with van der Waals surface area (Å²) in [5.41, 5.74) is 0.919. The number of para-hydroxylation sites is 1. The van der Waals surface area contributed by atoms with Crippen LogP contribution in [0.4, 0.5) is 5.69 Å². The van der Waals surface area contributed by atoms with Crippen molar-refractivity contribution in [2.75, 3.05) is 24.5 Å². The van der Waals surface area contributed by atoms with E-state index in [2.05, 4.69) is 20.9 Å². The summed E-state index contributed by atoms with van der Waals surface area (Å²) in [4.78, 5) is 30.7. The highest BCUT2D eigenvalue weighted by atomic mass is 16.2. The van der Waals surface area contributed by atoms with Crippen LogP contribution in [-0.4, -0.2) is 49.5 Å². The zero-order valence-corrected chi connectivity index (χ0v) is 16.6. The van der Waals surface area contributed by atoms with E-state index in [1.807, 2.05) is 37.3 Å². The molecule has 28 heavy (non-hydrogen) atoms. The van der Waals surface area contributed by atoms with Crippen molar-refractivity contribution >= 4 is 23.5 Å². The Hall–Kier alpha value is -2.57. The summed E-state index contributed by atoms with van der Waals surface area (Å²) in [6, 6.07) is 10.1. The summed E-state index contributed by atoms with van der Waals surface area (Å²) < 4.78 is 0. The molecule has 1 saturated carbocycles. The van der Waals surface area contributed by atoms with Crippen LogP contribution in [-0.2, 0) is 9.59 Å². The minimum Gasteiger partial charge on any atom is -0.357 e. The molecule has 2 fully saturated rings. The van der Waals surface area contributed by atoms with Gasteiger partial charge in [-0.1, -0.05) is 31.0 Å². The van der Waals surface area contributed by atoms with Crippen molar-refractivity contribution in [3.05, 3.63) is 30.3 Å². The summed E-state index contributed by atoms with van der Waals surface area (Å²) in [5, 5.41) is 9.63. The number of carbonyl (C=O) groups excluding carboxylic acids is 2. The van der Waals surface area contributed by atoms with Gasteiger partial charge >= 0.3 is 0 Å². The molecule has 1 aliphatic heterocycles. The Labute approximate surface area is 167 Å². The lowest BCUT2D eigenvalue weighted by Crippen LogP contribution is -2.44. The van der Waals surface area contributed by atoms with Gasteiger partial charge in [-0.25, -0.2) is 0 Å². The molecule has 0 aromatic heterocycles. The number of nitrogens with one attached hydrogen (secondary N) is 3. The number of benzene rings is 1. The average molecular weight is 386 g/mol. The van der Waals surface area contributed by atoms with Crippen LogP contribution in [0.25, 0.3) is 0 Å². The van der Waals surface area contributed by atoms with Crippen LogP contribution in [0.15, 0.2) is 35.3 Å².